The minimum absolute atomic E-state index is 0.193. The van der Waals surface area contributed by atoms with Crippen LogP contribution in [-0.4, -0.2) is 24.9 Å². The first-order valence-electron chi connectivity index (χ1n) is 5.17. The topological polar surface area (TPSA) is 84.7 Å². The summed E-state index contributed by atoms with van der Waals surface area (Å²) in [6, 6.07) is 7.36. The van der Waals surface area contributed by atoms with Crippen LogP contribution in [0.5, 0.6) is 0 Å². The lowest BCUT2D eigenvalue weighted by molar-refractivity contribution is -0.130. The first-order chi connectivity index (χ1) is 8.19. The summed E-state index contributed by atoms with van der Waals surface area (Å²) in [5.74, 6) is 4.41. The molecule has 0 aromatic heterocycles. The highest BCUT2D eigenvalue weighted by molar-refractivity contribution is 6.02. The molecule has 1 aliphatic heterocycles. The lowest BCUT2D eigenvalue weighted by atomic mass is 10.2. The predicted molar refractivity (Wildman–Crippen MR) is 60.8 cm³/mol. The standard InChI is InChI=1S/C11H13N3O3/c12-17-7-8-1-3-9(4-2-8)14-5-10(15)13-11(16)6-14/h1-4H,5-7,12H2,(H,13,15,16). The van der Waals surface area contributed by atoms with E-state index in [9.17, 15) is 9.59 Å². The second-order valence-electron chi connectivity index (χ2n) is 3.80. The Morgan fingerprint density at radius 2 is 1.76 bits per heavy atom. The van der Waals surface area contributed by atoms with Gasteiger partial charge in [-0.3, -0.25) is 19.7 Å². The fraction of sp³-hybridized carbons (Fsp3) is 0.273. The van der Waals surface area contributed by atoms with Gasteiger partial charge in [-0.15, -0.1) is 0 Å². The zero-order chi connectivity index (χ0) is 12.3. The number of imide groups is 1. The van der Waals surface area contributed by atoms with Gasteiger partial charge >= 0.3 is 0 Å². The van der Waals surface area contributed by atoms with Crippen LogP contribution in [0.15, 0.2) is 24.3 Å². The molecule has 1 aliphatic rings. The Labute approximate surface area is 98.3 Å². The van der Waals surface area contributed by atoms with E-state index in [2.05, 4.69) is 10.2 Å². The molecule has 3 N–H and O–H groups in total. The highest BCUT2D eigenvalue weighted by Gasteiger charge is 2.22. The van der Waals surface area contributed by atoms with Crippen LogP contribution in [-0.2, 0) is 21.0 Å². The van der Waals surface area contributed by atoms with Crippen LogP contribution < -0.4 is 16.1 Å². The zero-order valence-corrected chi connectivity index (χ0v) is 9.18. The first kappa shape index (κ1) is 11.6. The minimum atomic E-state index is -0.282. The molecule has 2 amide bonds. The molecule has 1 aromatic rings. The molecule has 0 atom stereocenters. The van der Waals surface area contributed by atoms with Gasteiger partial charge in [0.2, 0.25) is 11.8 Å². The smallest absolute Gasteiger partial charge is 0.246 e. The number of hydrogen-bond acceptors (Lipinski definition) is 5. The number of carbonyl (C=O) groups is 2. The Hall–Kier alpha value is -1.92. The fourth-order valence-corrected chi connectivity index (χ4v) is 1.72. The number of amides is 2. The second-order valence-corrected chi connectivity index (χ2v) is 3.80. The Balaban J connectivity index is 2.11. The number of nitrogens with one attached hydrogen (secondary N) is 1. The molecule has 2 rings (SSSR count). The molecular formula is C11H13N3O3. The Morgan fingerprint density at radius 3 is 2.29 bits per heavy atom. The predicted octanol–water partition coefficient (Wildman–Crippen LogP) is -0.460. The summed E-state index contributed by atoms with van der Waals surface area (Å²) in [5, 5.41) is 2.25. The van der Waals surface area contributed by atoms with Crippen molar-refractivity contribution in [3.05, 3.63) is 29.8 Å². The Kier molecular flexibility index (Phi) is 3.36. The molecule has 0 radical (unpaired) electrons. The fourth-order valence-electron chi connectivity index (χ4n) is 1.72. The molecular weight excluding hydrogens is 222 g/mol. The number of hydrogen-bond donors (Lipinski definition) is 2. The molecule has 0 aliphatic carbocycles. The van der Waals surface area contributed by atoms with Crippen molar-refractivity contribution < 1.29 is 14.4 Å². The summed E-state index contributed by atoms with van der Waals surface area (Å²) in [7, 11) is 0. The van der Waals surface area contributed by atoms with E-state index in [1.165, 1.54) is 0 Å². The molecule has 1 saturated heterocycles. The van der Waals surface area contributed by atoms with Crippen molar-refractivity contribution in [3.8, 4) is 0 Å². The maximum absolute atomic E-state index is 11.2. The third kappa shape index (κ3) is 2.80. The Bertz CT molecular complexity index is 414. The van der Waals surface area contributed by atoms with Gasteiger partial charge in [0, 0.05) is 5.69 Å². The van der Waals surface area contributed by atoms with Crippen molar-refractivity contribution in [2.75, 3.05) is 18.0 Å². The number of anilines is 1. The van der Waals surface area contributed by atoms with E-state index in [-0.39, 0.29) is 24.9 Å². The van der Waals surface area contributed by atoms with E-state index in [1.807, 2.05) is 24.3 Å². The van der Waals surface area contributed by atoms with Crippen LogP contribution in [0.3, 0.4) is 0 Å². The number of carbonyl (C=O) groups excluding carboxylic acids is 2. The van der Waals surface area contributed by atoms with Crippen LogP contribution in [0.2, 0.25) is 0 Å². The van der Waals surface area contributed by atoms with Crippen LogP contribution in [0.25, 0.3) is 0 Å². The zero-order valence-electron chi connectivity index (χ0n) is 9.18. The largest absolute Gasteiger partial charge is 0.353 e. The molecule has 90 valence electrons. The van der Waals surface area contributed by atoms with Crippen molar-refractivity contribution in [1.82, 2.24) is 5.32 Å². The minimum Gasteiger partial charge on any atom is -0.353 e. The summed E-state index contributed by atoms with van der Waals surface area (Å²) in [4.78, 5) is 28.7. The number of benzene rings is 1. The molecule has 1 aromatic carbocycles. The lowest BCUT2D eigenvalue weighted by Gasteiger charge is -2.27. The van der Waals surface area contributed by atoms with Crippen molar-refractivity contribution in [2.24, 2.45) is 5.90 Å². The van der Waals surface area contributed by atoms with Gasteiger partial charge in [0.1, 0.15) is 0 Å². The summed E-state index contributed by atoms with van der Waals surface area (Å²) in [6.45, 7) is 0.719. The quantitative estimate of drug-likeness (QED) is 0.547. The average molecular weight is 235 g/mol. The molecule has 0 saturated carbocycles. The van der Waals surface area contributed by atoms with Crippen LogP contribution in [0.1, 0.15) is 5.56 Å². The van der Waals surface area contributed by atoms with Gasteiger partial charge in [-0.2, -0.15) is 0 Å². The summed E-state index contributed by atoms with van der Waals surface area (Å²) in [6.07, 6.45) is 0. The van der Waals surface area contributed by atoms with Crippen molar-refractivity contribution in [1.29, 1.82) is 0 Å². The van der Waals surface area contributed by atoms with Gasteiger partial charge in [-0.1, -0.05) is 12.1 Å². The first-order valence-corrected chi connectivity index (χ1v) is 5.17. The van der Waals surface area contributed by atoms with Gasteiger partial charge in [-0.05, 0) is 17.7 Å². The maximum atomic E-state index is 11.2. The third-order valence-electron chi connectivity index (χ3n) is 2.50. The van der Waals surface area contributed by atoms with E-state index in [4.69, 9.17) is 5.90 Å². The number of nitrogens with two attached hydrogens (primary N) is 1. The van der Waals surface area contributed by atoms with Crippen LogP contribution >= 0.6 is 0 Å². The van der Waals surface area contributed by atoms with Crippen LogP contribution in [0.4, 0.5) is 5.69 Å². The normalized spacial score (nSPS) is 15.9. The van der Waals surface area contributed by atoms with Gasteiger partial charge in [0.15, 0.2) is 0 Å². The lowest BCUT2D eigenvalue weighted by Crippen LogP contribution is -2.51. The highest BCUT2D eigenvalue weighted by atomic mass is 16.6. The van der Waals surface area contributed by atoms with Gasteiger partial charge in [0.05, 0.1) is 19.7 Å². The SMILES string of the molecule is NOCc1ccc(N2CC(=O)NC(=O)C2)cc1. The van der Waals surface area contributed by atoms with E-state index >= 15 is 0 Å². The van der Waals surface area contributed by atoms with Gasteiger partial charge < -0.3 is 4.90 Å². The summed E-state index contributed by atoms with van der Waals surface area (Å²) in [5.41, 5.74) is 1.76. The molecule has 0 spiro atoms. The molecule has 17 heavy (non-hydrogen) atoms. The van der Waals surface area contributed by atoms with E-state index in [1.54, 1.807) is 4.90 Å². The van der Waals surface area contributed by atoms with E-state index in [0.29, 0.717) is 6.61 Å². The molecule has 1 heterocycles. The maximum Gasteiger partial charge on any atom is 0.246 e. The van der Waals surface area contributed by atoms with Gasteiger partial charge in [0.25, 0.3) is 0 Å². The molecule has 6 heteroatoms. The monoisotopic (exact) mass is 235 g/mol. The van der Waals surface area contributed by atoms with E-state index < -0.39 is 0 Å². The number of rotatable bonds is 3. The molecule has 1 fully saturated rings. The number of nitrogens with zero attached hydrogens (tertiary/aromatic N) is 1. The second kappa shape index (κ2) is 4.94. The summed E-state index contributed by atoms with van der Waals surface area (Å²) < 4.78 is 0. The van der Waals surface area contributed by atoms with E-state index in [0.717, 1.165) is 11.3 Å². The van der Waals surface area contributed by atoms with Crippen molar-refractivity contribution in [2.45, 2.75) is 6.61 Å². The average Bonchev–Trinajstić information content (AvgIpc) is 2.29. The van der Waals surface area contributed by atoms with Crippen LogP contribution in [0, 0.1) is 0 Å². The Morgan fingerprint density at radius 1 is 1.18 bits per heavy atom. The summed E-state index contributed by atoms with van der Waals surface area (Å²) >= 11 is 0. The van der Waals surface area contributed by atoms with Gasteiger partial charge in [-0.25, -0.2) is 5.90 Å². The highest BCUT2D eigenvalue weighted by Crippen LogP contribution is 2.16. The third-order valence-corrected chi connectivity index (χ3v) is 2.50. The number of piperazine rings is 1. The molecule has 0 unspecified atom stereocenters. The van der Waals surface area contributed by atoms with Crippen molar-refractivity contribution in [3.63, 3.8) is 0 Å². The van der Waals surface area contributed by atoms with Crippen molar-refractivity contribution >= 4 is 17.5 Å². The molecule has 6 nitrogen and oxygen atoms in total. The molecule has 0 bridgehead atoms.